The van der Waals surface area contributed by atoms with Crippen molar-refractivity contribution in [3.63, 3.8) is 0 Å². The lowest BCUT2D eigenvalue weighted by molar-refractivity contribution is 0.422. The second-order valence-electron chi connectivity index (χ2n) is 14.9. The lowest BCUT2D eigenvalue weighted by Crippen LogP contribution is -2.40. The van der Waals surface area contributed by atoms with Gasteiger partial charge in [0, 0.05) is 59.2 Å². The Morgan fingerprint density at radius 3 is 2.16 bits per heavy atom. The number of nitrogens with one attached hydrogen (secondary N) is 1. The third-order valence-corrected chi connectivity index (χ3v) is 12.8. The van der Waals surface area contributed by atoms with Crippen LogP contribution in [0.1, 0.15) is 29.0 Å². The van der Waals surface area contributed by atoms with Crippen molar-refractivity contribution < 1.29 is 4.74 Å². The molecule has 4 heterocycles. The molecule has 3 aliphatic rings. The molecule has 1 N–H and O–H groups in total. The molecule has 7 aromatic carbocycles. The lowest BCUT2D eigenvalue weighted by atomic mass is 9.88. The topological polar surface area (TPSA) is 50.9 Å². The highest BCUT2D eigenvalue weighted by atomic mass is 32.1. The number of hydrogen-bond acceptors (Lipinski definition) is 5. The van der Waals surface area contributed by atoms with Crippen molar-refractivity contribution in [2.75, 3.05) is 0 Å². The summed E-state index contributed by atoms with van der Waals surface area (Å²) < 4.78 is 11.7. The first-order valence-corrected chi connectivity index (χ1v) is 20.3. The molecule has 0 fully saturated rings. The Hall–Kier alpha value is -7.02. The molecule has 12 rings (SSSR count). The number of amidine groups is 2. The molecule has 57 heavy (non-hydrogen) atoms. The molecule has 9 aromatic rings. The number of hydrogen-bond donors (Lipinski definition) is 1. The summed E-state index contributed by atoms with van der Waals surface area (Å²) in [4.78, 5) is 10.1. The first-order chi connectivity index (χ1) is 28.2. The zero-order valence-corrected chi connectivity index (χ0v) is 31.6. The Bertz CT molecular complexity index is 3170. The van der Waals surface area contributed by atoms with Gasteiger partial charge in [-0.3, -0.25) is 0 Å². The molecule has 0 saturated carbocycles. The fourth-order valence-electron chi connectivity index (χ4n) is 8.94. The maximum Gasteiger partial charge on any atom is 0.159 e. The van der Waals surface area contributed by atoms with E-state index >= 15 is 0 Å². The molecule has 2 aromatic heterocycles. The Morgan fingerprint density at radius 2 is 1.37 bits per heavy atom. The number of aromatic nitrogens is 1. The Kier molecular flexibility index (Phi) is 7.22. The molecule has 0 amide bonds. The van der Waals surface area contributed by atoms with Gasteiger partial charge in [-0.15, -0.1) is 11.3 Å². The highest BCUT2D eigenvalue weighted by molar-refractivity contribution is 7.26. The van der Waals surface area contributed by atoms with Gasteiger partial charge >= 0.3 is 0 Å². The van der Waals surface area contributed by atoms with E-state index < -0.39 is 0 Å². The monoisotopic (exact) mass is 750 g/mol. The van der Waals surface area contributed by atoms with Gasteiger partial charge in [0.15, 0.2) is 5.84 Å². The second kappa shape index (κ2) is 12.8. The summed E-state index contributed by atoms with van der Waals surface area (Å²) in [6.07, 6.45) is 5.05. The predicted molar refractivity (Wildman–Crippen MR) is 236 cm³/mol. The number of allylic oxidation sites excluding steroid dienone is 2. The van der Waals surface area contributed by atoms with Gasteiger partial charge in [0.25, 0.3) is 0 Å². The summed E-state index contributed by atoms with van der Waals surface area (Å²) in [5, 5.41) is 8.71. The molecule has 0 saturated heterocycles. The summed E-state index contributed by atoms with van der Waals surface area (Å²) in [5.74, 6) is 3.60. The van der Waals surface area contributed by atoms with Gasteiger partial charge in [-0.2, -0.15) is 0 Å². The number of benzene rings is 7. The van der Waals surface area contributed by atoms with E-state index in [-0.39, 0.29) is 12.1 Å². The molecule has 2 atom stereocenters. The zero-order chi connectivity index (χ0) is 37.5. The van der Waals surface area contributed by atoms with E-state index in [9.17, 15) is 0 Å². The van der Waals surface area contributed by atoms with E-state index in [0.717, 1.165) is 51.9 Å². The molecule has 6 heteroatoms. The van der Waals surface area contributed by atoms with Crippen molar-refractivity contribution in [3.8, 4) is 22.6 Å². The first kappa shape index (κ1) is 32.2. The lowest BCUT2D eigenvalue weighted by Gasteiger charge is -2.26. The summed E-state index contributed by atoms with van der Waals surface area (Å²) in [6.45, 7) is 0. The molecular weight excluding hydrogens is 717 g/mol. The van der Waals surface area contributed by atoms with Crippen LogP contribution in [-0.4, -0.2) is 22.4 Å². The Balaban J connectivity index is 0.902. The van der Waals surface area contributed by atoms with E-state index in [2.05, 4.69) is 149 Å². The largest absolute Gasteiger partial charge is 0.461 e. The average molecular weight is 751 g/mol. The maximum absolute atomic E-state index is 6.76. The Labute approximate surface area is 333 Å². The number of aliphatic imine (C=N–C) groups is 2. The van der Waals surface area contributed by atoms with Crippen LogP contribution in [0.25, 0.3) is 58.8 Å². The first-order valence-electron chi connectivity index (χ1n) is 19.4. The van der Waals surface area contributed by atoms with Crippen molar-refractivity contribution in [3.05, 3.63) is 204 Å². The van der Waals surface area contributed by atoms with Crippen LogP contribution in [0.3, 0.4) is 0 Å². The summed E-state index contributed by atoms with van der Waals surface area (Å²) >= 11 is 1.85. The van der Waals surface area contributed by atoms with Gasteiger partial charge in [0.2, 0.25) is 0 Å². The van der Waals surface area contributed by atoms with Crippen LogP contribution in [0.2, 0.25) is 0 Å². The van der Waals surface area contributed by atoms with Crippen LogP contribution in [-0.2, 0) is 0 Å². The second-order valence-corrected chi connectivity index (χ2v) is 16.0. The fourth-order valence-corrected chi connectivity index (χ4v) is 10.1. The highest BCUT2D eigenvalue weighted by Gasteiger charge is 2.34. The fraction of sp³-hybridized carbons (Fsp3) is 0.0588. The van der Waals surface area contributed by atoms with E-state index in [1.54, 1.807) is 0 Å². The van der Waals surface area contributed by atoms with Crippen molar-refractivity contribution >= 4 is 65.0 Å². The molecular formula is C51H34N4OS. The Morgan fingerprint density at radius 1 is 0.632 bits per heavy atom. The zero-order valence-electron chi connectivity index (χ0n) is 30.8. The van der Waals surface area contributed by atoms with Crippen LogP contribution < -0.4 is 10.1 Å². The highest BCUT2D eigenvalue weighted by Crippen LogP contribution is 2.49. The van der Waals surface area contributed by atoms with Crippen molar-refractivity contribution in [1.82, 2.24) is 9.88 Å². The van der Waals surface area contributed by atoms with Crippen molar-refractivity contribution in [2.45, 2.75) is 18.5 Å². The number of nitrogens with zero attached hydrogens (tertiary/aromatic N) is 3. The van der Waals surface area contributed by atoms with Crippen LogP contribution in [0.4, 0.5) is 0 Å². The SMILES string of the molecule is C1=C(C2N=C(c3ccccc3)N=C(c3ccccc3)N2)C=C2Oc3cc(-c4cccc5sc6ccc(-n7c8ccccc8c8ccccc87)cc6c45)ccc3C2C1. The van der Waals surface area contributed by atoms with Gasteiger partial charge < -0.3 is 14.6 Å². The summed E-state index contributed by atoms with van der Waals surface area (Å²) in [6, 6.07) is 58.3. The smallest absolute Gasteiger partial charge is 0.159 e. The van der Waals surface area contributed by atoms with Crippen molar-refractivity contribution in [2.24, 2.45) is 9.98 Å². The van der Waals surface area contributed by atoms with E-state index in [1.807, 2.05) is 47.7 Å². The normalized spacial score (nSPS) is 17.4. The van der Waals surface area contributed by atoms with E-state index in [0.29, 0.717) is 0 Å². The van der Waals surface area contributed by atoms with Crippen molar-refractivity contribution in [1.29, 1.82) is 0 Å². The third kappa shape index (κ3) is 5.21. The van der Waals surface area contributed by atoms with Gasteiger partial charge in [-0.1, -0.05) is 127 Å². The minimum Gasteiger partial charge on any atom is -0.461 e. The molecule has 0 bridgehead atoms. The molecule has 2 unspecified atom stereocenters. The molecule has 5 nitrogen and oxygen atoms in total. The van der Waals surface area contributed by atoms with Crippen LogP contribution in [0, 0.1) is 0 Å². The van der Waals surface area contributed by atoms with Crippen LogP contribution in [0.5, 0.6) is 5.75 Å². The number of thiophene rings is 1. The molecule has 1 aliphatic carbocycles. The predicted octanol–water partition coefficient (Wildman–Crippen LogP) is 12.3. The molecule has 0 spiro atoms. The van der Waals surface area contributed by atoms with Crippen LogP contribution in [0.15, 0.2) is 197 Å². The van der Waals surface area contributed by atoms with Gasteiger partial charge in [0.05, 0.1) is 11.0 Å². The number of ether oxygens (including phenoxy) is 1. The van der Waals surface area contributed by atoms with Gasteiger partial charge in [-0.05, 0) is 71.7 Å². The average Bonchev–Trinajstić information content (AvgIpc) is 3.95. The van der Waals surface area contributed by atoms with Crippen LogP contribution >= 0.6 is 11.3 Å². The molecule has 2 aliphatic heterocycles. The van der Waals surface area contributed by atoms with E-state index in [1.165, 1.54) is 58.8 Å². The maximum atomic E-state index is 6.76. The number of rotatable bonds is 5. The minimum atomic E-state index is -0.291. The third-order valence-electron chi connectivity index (χ3n) is 11.6. The standard InChI is InChI=1S/C51H34N4OS/c1-3-12-31(13-4-1)49-52-50(32-14-5-2-6-15-32)54-51(53-49)34-23-26-40-39-25-22-33(28-44(39)56-45(40)29-34)36-18-11-21-47-48(36)41-30-35(24-27-46(41)57-47)55-42-19-9-7-16-37(42)38-17-8-10-20-43(38)55/h1-25,27-30,40,51H,26H2,(H,52,53,54). The number of para-hydroxylation sites is 2. The quantitative estimate of drug-likeness (QED) is 0.190. The number of fused-ring (bicyclic) bond motifs is 9. The summed E-state index contributed by atoms with van der Waals surface area (Å²) in [5.41, 5.74) is 10.3. The minimum absolute atomic E-state index is 0.174. The van der Waals surface area contributed by atoms with E-state index in [4.69, 9.17) is 14.7 Å². The van der Waals surface area contributed by atoms with Gasteiger partial charge in [-0.25, -0.2) is 9.98 Å². The molecule has 270 valence electrons. The molecule has 0 radical (unpaired) electrons. The summed E-state index contributed by atoms with van der Waals surface area (Å²) in [7, 11) is 0. The van der Waals surface area contributed by atoms with Gasteiger partial charge in [0.1, 0.15) is 23.5 Å².